The van der Waals surface area contributed by atoms with E-state index in [0.29, 0.717) is 29.9 Å². The molecule has 1 saturated carbocycles. The molecule has 148 valence electrons. The van der Waals surface area contributed by atoms with Gasteiger partial charge < -0.3 is 11.1 Å². The zero-order chi connectivity index (χ0) is 18.9. The van der Waals surface area contributed by atoms with Gasteiger partial charge in [0.25, 0.3) is 5.91 Å². The third-order valence-electron chi connectivity index (χ3n) is 4.32. The second kappa shape index (κ2) is 8.31. The van der Waals surface area contributed by atoms with E-state index in [-0.39, 0.29) is 30.3 Å². The number of hydrogen-bond donors (Lipinski definition) is 2. The number of hydrogen-bond acceptors (Lipinski definition) is 3. The Morgan fingerprint density at radius 3 is 2.70 bits per heavy atom. The third-order valence-corrected chi connectivity index (χ3v) is 4.32. The summed E-state index contributed by atoms with van der Waals surface area (Å²) < 4.78 is 40.4. The zero-order valence-corrected chi connectivity index (χ0v) is 15.6. The van der Waals surface area contributed by atoms with Crippen molar-refractivity contribution < 1.29 is 18.0 Å². The number of benzene rings is 1. The number of nitrogens with zero attached hydrogens (tertiary/aromatic N) is 2. The van der Waals surface area contributed by atoms with E-state index in [1.54, 1.807) is 6.07 Å². The van der Waals surface area contributed by atoms with E-state index in [9.17, 15) is 18.0 Å². The Morgan fingerprint density at radius 1 is 1.41 bits per heavy atom. The predicted molar refractivity (Wildman–Crippen MR) is 98.4 cm³/mol. The van der Waals surface area contributed by atoms with Gasteiger partial charge in [0.05, 0.1) is 28.7 Å². The zero-order valence-electron chi connectivity index (χ0n) is 14.8. The Morgan fingerprint density at radius 2 is 2.11 bits per heavy atom. The summed E-state index contributed by atoms with van der Waals surface area (Å²) >= 11 is 0. The molecule has 0 aliphatic heterocycles. The molecule has 27 heavy (non-hydrogen) atoms. The standard InChI is InChI=1S/C18H21F3N4O.ClH/c1-11(22)7-8-23-17(26)15-10-24-25(16(15)12-5-6-12)14-4-2-3-13(9-14)18(19,20)21;/h2-4,9-12H,5-8,22H2,1H3,(H,23,26);1H. The van der Waals surface area contributed by atoms with Crippen LogP contribution < -0.4 is 11.1 Å². The third kappa shape index (κ3) is 5.01. The molecule has 0 radical (unpaired) electrons. The fraction of sp³-hybridized carbons (Fsp3) is 0.444. The van der Waals surface area contributed by atoms with E-state index < -0.39 is 11.7 Å². The average molecular weight is 403 g/mol. The van der Waals surface area contributed by atoms with Crippen LogP contribution in [0.15, 0.2) is 30.5 Å². The van der Waals surface area contributed by atoms with Crippen molar-refractivity contribution in [2.45, 2.75) is 44.3 Å². The Balaban J connectivity index is 0.00000261. The van der Waals surface area contributed by atoms with Crippen molar-refractivity contribution in [3.8, 4) is 5.69 Å². The SMILES string of the molecule is CC(N)CCNC(=O)c1cnn(-c2cccc(C(F)(F)F)c2)c1C1CC1.Cl. The number of nitrogens with two attached hydrogens (primary N) is 1. The highest BCUT2D eigenvalue weighted by atomic mass is 35.5. The number of carbonyl (C=O) groups excluding carboxylic acids is 1. The van der Waals surface area contributed by atoms with Gasteiger partial charge in [-0.2, -0.15) is 18.3 Å². The van der Waals surface area contributed by atoms with Crippen LogP contribution in [-0.2, 0) is 6.18 Å². The molecule has 0 saturated heterocycles. The van der Waals surface area contributed by atoms with Gasteiger partial charge in [0.1, 0.15) is 0 Å². The van der Waals surface area contributed by atoms with E-state index in [0.717, 1.165) is 25.0 Å². The Bertz CT molecular complexity index is 800. The Hall–Kier alpha value is -2.06. The van der Waals surface area contributed by atoms with E-state index in [1.165, 1.54) is 16.9 Å². The van der Waals surface area contributed by atoms with Crippen LogP contribution >= 0.6 is 12.4 Å². The highest BCUT2D eigenvalue weighted by Gasteiger charge is 2.34. The minimum absolute atomic E-state index is 0. The van der Waals surface area contributed by atoms with Crippen LogP contribution in [0, 0.1) is 0 Å². The summed E-state index contributed by atoms with van der Waals surface area (Å²) in [5.41, 5.74) is 6.32. The van der Waals surface area contributed by atoms with Gasteiger partial charge in [-0.25, -0.2) is 4.68 Å². The first kappa shape index (κ1) is 21.2. The monoisotopic (exact) mass is 402 g/mol. The average Bonchev–Trinajstić information content (AvgIpc) is 3.31. The van der Waals surface area contributed by atoms with E-state index in [2.05, 4.69) is 10.4 Å². The molecule has 1 unspecified atom stereocenters. The fourth-order valence-corrected chi connectivity index (χ4v) is 2.81. The topological polar surface area (TPSA) is 72.9 Å². The molecule has 1 fully saturated rings. The number of halogens is 4. The van der Waals surface area contributed by atoms with Gasteiger partial charge in [0, 0.05) is 18.5 Å². The summed E-state index contributed by atoms with van der Waals surface area (Å²) in [6, 6.07) is 4.96. The van der Waals surface area contributed by atoms with Crippen LogP contribution in [0.5, 0.6) is 0 Å². The second-order valence-corrected chi connectivity index (χ2v) is 6.70. The second-order valence-electron chi connectivity index (χ2n) is 6.70. The van der Waals surface area contributed by atoms with E-state index in [1.807, 2.05) is 6.92 Å². The van der Waals surface area contributed by atoms with Gasteiger partial charge in [-0.3, -0.25) is 4.79 Å². The van der Waals surface area contributed by atoms with Crippen LogP contribution in [0.3, 0.4) is 0 Å². The van der Waals surface area contributed by atoms with Crippen LogP contribution in [0.1, 0.15) is 53.7 Å². The van der Waals surface area contributed by atoms with Crippen LogP contribution in [-0.4, -0.2) is 28.3 Å². The molecule has 0 bridgehead atoms. The van der Waals surface area contributed by atoms with Crippen molar-refractivity contribution in [3.63, 3.8) is 0 Å². The molecule has 1 aromatic carbocycles. The Kier molecular flexibility index (Phi) is 6.54. The molecule has 1 aliphatic rings. The number of amides is 1. The first-order valence-corrected chi connectivity index (χ1v) is 8.56. The number of aromatic nitrogens is 2. The molecule has 1 amide bonds. The van der Waals surface area contributed by atoms with Crippen molar-refractivity contribution >= 4 is 18.3 Å². The highest BCUT2D eigenvalue weighted by molar-refractivity contribution is 5.95. The van der Waals surface area contributed by atoms with E-state index >= 15 is 0 Å². The smallest absolute Gasteiger partial charge is 0.352 e. The normalized spacial score (nSPS) is 15.1. The quantitative estimate of drug-likeness (QED) is 0.774. The summed E-state index contributed by atoms with van der Waals surface area (Å²) in [5, 5.41) is 7.00. The molecule has 1 atom stereocenters. The van der Waals surface area contributed by atoms with Crippen molar-refractivity contribution in [3.05, 3.63) is 47.3 Å². The van der Waals surface area contributed by atoms with E-state index in [4.69, 9.17) is 5.73 Å². The number of carbonyl (C=O) groups is 1. The van der Waals surface area contributed by atoms with Gasteiger partial charge in [-0.1, -0.05) is 6.07 Å². The lowest BCUT2D eigenvalue weighted by atomic mass is 10.1. The minimum atomic E-state index is -4.43. The number of rotatable bonds is 6. The number of alkyl halides is 3. The molecular weight excluding hydrogens is 381 g/mol. The number of nitrogens with one attached hydrogen (secondary N) is 1. The first-order valence-electron chi connectivity index (χ1n) is 8.56. The lowest BCUT2D eigenvalue weighted by molar-refractivity contribution is -0.137. The maximum atomic E-state index is 13.0. The molecule has 0 spiro atoms. The van der Waals surface area contributed by atoms with Gasteiger partial charge in [0.15, 0.2) is 0 Å². The van der Waals surface area contributed by atoms with Crippen molar-refractivity contribution in [2.75, 3.05) is 6.54 Å². The largest absolute Gasteiger partial charge is 0.416 e. The highest BCUT2D eigenvalue weighted by Crippen LogP contribution is 2.42. The summed E-state index contributed by atoms with van der Waals surface area (Å²) in [4.78, 5) is 12.5. The lowest BCUT2D eigenvalue weighted by Gasteiger charge is -2.12. The minimum Gasteiger partial charge on any atom is -0.352 e. The van der Waals surface area contributed by atoms with Gasteiger partial charge >= 0.3 is 6.18 Å². The molecule has 1 heterocycles. The summed E-state index contributed by atoms with van der Waals surface area (Å²) in [7, 11) is 0. The molecular formula is C18H22ClF3N4O. The van der Waals surface area contributed by atoms with Crippen molar-refractivity contribution in [2.24, 2.45) is 5.73 Å². The van der Waals surface area contributed by atoms with Crippen LogP contribution in [0.4, 0.5) is 13.2 Å². The van der Waals surface area contributed by atoms with Gasteiger partial charge in [0.2, 0.25) is 0 Å². The first-order chi connectivity index (χ1) is 12.3. The lowest BCUT2D eigenvalue weighted by Crippen LogP contribution is -2.29. The van der Waals surface area contributed by atoms with Crippen LogP contribution in [0.2, 0.25) is 0 Å². The fourth-order valence-electron chi connectivity index (χ4n) is 2.81. The molecule has 2 aromatic rings. The molecule has 9 heteroatoms. The maximum absolute atomic E-state index is 13.0. The predicted octanol–water partition coefficient (Wildman–Crippen LogP) is 3.66. The molecule has 5 nitrogen and oxygen atoms in total. The molecule has 3 rings (SSSR count). The summed E-state index contributed by atoms with van der Waals surface area (Å²) in [6.45, 7) is 2.29. The molecule has 1 aromatic heterocycles. The maximum Gasteiger partial charge on any atom is 0.416 e. The Labute approximate surface area is 161 Å². The van der Waals surface area contributed by atoms with Gasteiger partial charge in [-0.05, 0) is 44.4 Å². The summed E-state index contributed by atoms with van der Waals surface area (Å²) in [6.07, 6.45) is -0.570. The van der Waals surface area contributed by atoms with Crippen molar-refractivity contribution in [1.29, 1.82) is 0 Å². The van der Waals surface area contributed by atoms with Crippen LogP contribution in [0.25, 0.3) is 5.69 Å². The van der Waals surface area contributed by atoms with Gasteiger partial charge in [-0.15, -0.1) is 12.4 Å². The molecule has 1 aliphatic carbocycles. The molecule has 3 N–H and O–H groups in total. The summed E-state index contributed by atoms with van der Waals surface area (Å²) in [5.74, 6) is -0.132. The van der Waals surface area contributed by atoms with Crippen molar-refractivity contribution in [1.82, 2.24) is 15.1 Å².